The molecular weight excluding hydrogens is 419 g/mol. The third-order valence-corrected chi connectivity index (χ3v) is 6.09. The Balaban J connectivity index is 1.26. The summed E-state index contributed by atoms with van der Waals surface area (Å²) in [7, 11) is 1.39. The van der Waals surface area contributed by atoms with Crippen molar-refractivity contribution in [2.75, 3.05) is 17.7 Å². The van der Waals surface area contributed by atoms with Gasteiger partial charge in [0.25, 0.3) is 0 Å². The molecule has 1 aliphatic carbocycles. The Morgan fingerprint density at radius 2 is 1.97 bits per heavy atom. The first-order valence-corrected chi connectivity index (χ1v) is 10.9. The summed E-state index contributed by atoms with van der Waals surface area (Å²) >= 11 is 1.30. The van der Waals surface area contributed by atoms with Gasteiger partial charge in [-0.15, -0.1) is 10.2 Å². The fourth-order valence-corrected chi connectivity index (χ4v) is 4.47. The number of ether oxygens (including phenoxy) is 1. The van der Waals surface area contributed by atoms with E-state index < -0.39 is 5.82 Å². The zero-order valence-electron chi connectivity index (χ0n) is 17.0. The summed E-state index contributed by atoms with van der Waals surface area (Å²) in [6.45, 7) is 0. The lowest BCUT2D eigenvalue weighted by atomic mass is 9.84. The third-order valence-electron chi connectivity index (χ3n) is 5.32. The second-order valence-electron chi connectivity index (χ2n) is 7.45. The fourth-order valence-electron chi connectivity index (χ4n) is 3.73. The molecule has 2 N–H and O–H groups in total. The number of methoxy groups -OCH3 is 1. The maximum atomic E-state index is 13.5. The lowest BCUT2D eigenvalue weighted by Gasteiger charge is -2.28. The molecule has 0 radical (unpaired) electrons. The Labute approximate surface area is 183 Å². The molecule has 2 heterocycles. The van der Waals surface area contributed by atoms with Crippen molar-refractivity contribution >= 4 is 27.5 Å². The van der Waals surface area contributed by atoms with Gasteiger partial charge in [-0.2, -0.15) is 10.2 Å². The number of carbonyl (C=O) groups is 1. The third kappa shape index (κ3) is 5.52. The monoisotopic (exact) mass is 442 g/mol. The number of hydrogen-bond acceptors (Lipinski definition) is 8. The minimum absolute atomic E-state index is 0.0887. The van der Waals surface area contributed by atoms with E-state index in [1.165, 1.54) is 30.6 Å². The molecule has 31 heavy (non-hydrogen) atoms. The molecule has 10 heteroatoms. The van der Waals surface area contributed by atoms with Gasteiger partial charge in [0.1, 0.15) is 0 Å². The average Bonchev–Trinajstić information content (AvgIpc) is 3.22. The van der Waals surface area contributed by atoms with Crippen molar-refractivity contribution < 1.29 is 13.9 Å². The molecule has 0 spiro atoms. The summed E-state index contributed by atoms with van der Waals surface area (Å²) in [6.07, 6.45) is 5.88. The summed E-state index contributed by atoms with van der Waals surface area (Å²) in [6, 6.07) is 8.63. The number of aromatic nitrogens is 4. The fraction of sp³-hybridized carbons (Fsp3) is 0.381. The van der Waals surface area contributed by atoms with Crippen LogP contribution in [0.25, 0.3) is 0 Å². The SMILES string of the molecule is COc1cc(CC(=O)Nc2nnc(N[C@H]3CC[C@@H](c4cccnn4)CC3)s2)ccc1F. The largest absolute Gasteiger partial charge is 0.494 e. The van der Waals surface area contributed by atoms with Gasteiger partial charge in [-0.3, -0.25) is 4.79 Å². The molecule has 3 aromatic rings. The number of carbonyl (C=O) groups excluding carboxylic acids is 1. The molecule has 0 unspecified atom stereocenters. The molecule has 4 rings (SSSR count). The molecule has 1 aliphatic rings. The van der Waals surface area contributed by atoms with Gasteiger partial charge in [0.15, 0.2) is 11.6 Å². The van der Waals surface area contributed by atoms with Crippen molar-refractivity contribution in [2.24, 2.45) is 0 Å². The molecule has 0 aliphatic heterocycles. The van der Waals surface area contributed by atoms with E-state index in [1.54, 1.807) is 12.3 Å². The number of rotatable bonds is 7. The molecule has 1 saturated carbocycles. The van der Waals surface area contributed by atoms with Crippen molar-refractivity contribution in [3.05, 3.63) is 53.6 Å². The summed E-state index contributed by atoms with van der Waals surface area (Å²) in [5.74, 6) is -0.152. The van der Waals surface area contributed by atoms with E-state index in [4.69, 9.17) is 4.74 Å². The van der Waals surface area contributed by atoms with E-state index >= 15 is 0 Å². The predicted octanol–water partition coefficient (Wildman–Crippen LogP) is 3.80. The molecule has 0 atom stereocenters. The van der Waals surface area contributed by atoms with Gasteiger partial charge in [-0.05, 0) is 55.5 Å². The normalized spacial score (nSPS) is 18.4. The predicted molar refractivity (Wildman–Crippen MR) is 116 cm³/mol. The topological polar surface area (TPSA) is 102 Å². The zero-order chi connectivity index (χ0) is 21.6. The van der Waals surface area contributed by atoms with Gasteiger partial charge in [0.2, 0.25) is 16.2 Å². The Kier molecular flexibility index (Phi) is 6.66. The number of nitrogens with zero attached hydrogens (tertiary/aromatic N) is 4. The van der Waals surface area contributed by atoms with Gasteiger partial charge < -0.3 is 15.4 Å². The van der Waals surface area contributed by atoms with E-state index in [2.05, 4.69) is 31.0 Å². The smallest absolute Gasteiger partial charge is 0.230 e. The standard InChI is InChI=1S/C21H23FN6O2S/c1-30-18-11-13(4-9-16(18)22)12-19(29)25-21-28-27-20(31-21)24-15-7-5-14(6-8-15)17-3-2-10-23-26-17/h2-4,9-11,14-15H,5-8,12H2,1H3,(H,24,27)(H,25,28,29)/t14-,15+. The van der Waals surface area contributed by atoms with E-state index in [1.807, 2.05) is 12.1 Å². The van der Waals surface area contributed by atoms with Crippen molar-refractivity contribution in [2.45, 2.75) is 44.1 Å². The number of benzene rings is 1. The molecular formula is C21H23FN6O2S. The Hall–Kier alpha value is -3.14. The zero-order valence-corrected chi connectivity index (χ0v) is 17.9. The molecule has 0 bridgehead atoms. The highest BCUT2D eigenvalue weighted by molar-refractivity contribution is 7.19. The lowest BCUT2D eigenvalue weighted by molar-refractivity contribution is -0.115. The van der Waals surface area contributed by atoms with Crippen LogP contribution in [0.1, 0.15) is 42.9 Å². The highest BCUT2D eigenvalue weighted by atomic mass is 32.1. The Bertz CT molecular complexity index is 1020. The van der Waals surface area contributed by atoms with Crippen LogP contribution < -0.4 is 15.4 Å². The molecule has 2 aromatic heterocycles. The molecule has 0 saturated heterocycles. The van der Waals surface area contributed by atoms with Crippen LogP contribution in [-0.2, 0) is 11.2 Å². The number of anilines is 2. The van der Waals surface area contributed by atoms with Crippen molar-refractivity contribution in [1.29, 1.82) is 0 Å². The van der Waals surface area contributed by atoms with Crippen LogP contribution in [0.15, 0.2) is 36.5 Å². The van der Waals surface area contributed by atoms with Crippen LogP contribution >= 0.6 is 11.3 Å². The number of amides is 1. The Morgan fingerprint density at radius 1 is 1.16 bits per heavy atom. The van der Waals surface area contributed by atoms with E-state index in [0.29, 0.717) is 27.8 Å². The second kappa shape index (κ2) is 9.78. The van der Waals surface area contributed by atoms with Crippen LogP contribution in [0.3, 0.4) is 0 Å². The first-order valence-electron chi connectivity index (χ1n) is 10.1. The van der Waals surface area contributed by atoms with Gasteiger partial charge >= 0.3 is 0 Å². The first-order chi connectivity index (χ1) is 15.1. The van der Waals surface area contributed by atoms with Crippen molar-refractivity contribution in [1.82, 2.24) is 20.4 Å². The van der Waals surface area contributed by atoms with Gasteiger partial charge in [-0.25, -0.2) is 4.39 Å². The van der Waals surface area contributed by atoms with E-state index in [-0.39, 0.29) is 18.1 Å². The maximum absolute atomic E-state index is 13.5. The average molecular weight is 443 g/mol. The summed E-state index contributed by atoms with van der Waals surface area (Å²) in [5, 5.41) is 23.7. The summed E-state index contributed by atoms with van der Waals surface area (Å²) in [4.78, 5) is 12.3. The van der Waals surface area contributed by atoms with Gasteiger partial charge in [-0.1, -0.05) is 17.4 Å². The number of halogens is 1. The number of hydrogen-bond donors (Lipinski definition) is 2. The van der Waals surface area contributed by atoms with Crippen LogP contribution in [0.4, 0.5) is 14.7 Å². The number of nitrogens with one attached hydrogen (secondary N) is 2. The van der Waals surface area contributed by atoms with Crippen molar-refractivity contribution in [3.8, 4) is 5.75 Å². The van der Waals surface area contributed by atoms with Crippen molar-refractivity contribution in [3.63, 3.8) is 0 Å². The maximum Gasteiger partial charge on any atom is 0.230 e. The quantitative estimate of drug-likeness (QED) is 0.574. The van der Waals surface area contributed by atoms with Gasteiger partial charge in [0, 0.05) is 18.2 Å². The van der Waals surface area contributed by atoms with Gasteiger partial charge in [0.05, 0.1) is 19.2 Å². The lowest BCUT2D eigenvalue weighted by Crippen LogP contribution is -2.25. The van der Waals surface area contributed by atoms with E-state index in [0.717, 1.165) is 31.4 Å². The Morgan fingerprint density at radius 3 is 2.71 bits per heavy atom. The molecule has 8 nitrogen and oxygen atoms in total. The van der Waals surface area contributed by atoms with E-state index in [9.17, 15) is 9.18 Å². The van der Waals surface area contributed by atoms with Crippen LogP contribution in [0.5, 0.6) is 5.75 Å². The summed E-state index contributed by atoms with van der Waals surface area (Å²) < 4.78 is 18.5. The summed E-state index contributed by atoms with van der Waals surface area (Å²) in [5.41, 5.74) is 1.71. The molecule has 162 valence electrons. The minimum Gasteiger partial charge on any atom is -0.494 e. The highest BCUT2D eigenvalue weighted by Crippen LogP contribution is 2.33. The molecule has 1 aromatic carbocycles. The van der Waals surface area contributed by atoms with Crippen LogP contribution in [0.2, 0.25) is 0 Å². The second-order valence-corrected chi connectivity index (χ2v) is 8.43. The molecule has 1 fully saturated rings. The minimum atomic E-state index is -0.461. The first kappa shape index (κ1) is 21.1. The highest BCUT2D eigenvalue weighted by Gasteiger charge is 2.24. The van der Waals surface area contributed by atoms with Crippen LogP contribution in [0, 0.1) is 5.82 Å². The van der Waals surface area contributed by atoms with Crippen LogP contribution in [-0.4, -0.2) is 39.5 Å². The molecule has 1 amide bonds.